The summed E-state index contributed by atoms with van der Waals surface area (Å²) in [6.07, 6.45) is 2.36. The van der Waals surface area contributed by atoms with E-state index in [9.17, 15) is 0 Å². The monoisotopic (exact) mass is 849 g/mol. The number of aromatic nitrogens is 5. The lowest BCUT2D eigenvalue weighted by Crippen LogP contribution is -2.33. The van der Waals surface area contributed by atoms with E-state index in [2.05, 4.69) is 225 Å². The second-order valence-electron chi connectivity index (χ2n) is 19.6. The molecule has 3 aromatic heterocycles. The molecule has 0 unspecified atom stereocenters. The number of rotatable bonds is 5. The van der Waals surface area contributed by atoms with Gasteiger partial charge in [0.25, 0.3) is 0 Å². The molecule has 66 heavy (non-hydrogen) atoms. The summed E-state index contributed by atoms with van der Waals surface area (Å²) in [6, 6.07) is 68.1. The van der Waals surface area contributed by atoms with Crippen LogP contribution in [0.3, 0.4) is 0 Å². The lowest BCUT2D eigenvalue weighted by Gasteiger charge is -2.42. The van der Waals surface area contributed by atoms with Gasteiger partial charge in [0.2, 0.25) is 0 Å². The van der Waals surface area contributed by atoms with E-state index in [1.165, 1.54) is 56.5 Å². The molecule has 3 heterocycles. The number of hydrogen-bond donors (Lipinski definition) is 0. The van der Waals surface area contributed by atoms with Crippen molar-refractivity contribution in [3.63, 3.8) is 0 Å². The fourth-order valence-electron chi connectivity index (χ4n) is 10.9. The van der Waals surface area contributed by atoms with E-state index < -0.39 is 0 Å². The smallest absolute Gasteiger partial charge is 0.164 e. The molecule has 0 saturated carbocycles. The van der Waals surface area contributed by atoms with Crippen LogP contribution < -0.4 is 0 Å². The Labute approximate surface area is 383 Å². The number of fused-ring (bicyclic) bond motifs is 9. The van der Waals surface area contributed by atoms with Gasteiger partial charge in [-0.3, -0.25) is 0 Å². The van der Waals surface area contributed by atoms with E-state index in [1.807, 2.05) is 0 Å². The van der Waals surface area contributed by atoms with Crippen LogP contribution in [0.5, 0.6) is 0 Å². The van der Waals surface area contributed by atoms with E-state index >= 15 is 0 Å². The molecule has 0 fully saturated rings. The fourth-order valence-corrected chi connectivity index (χ4v) is 10.9. The topological polar surface area (TPSA) is 48.5 Å². The average molecular weight is 850 g/mol. The van der Waals surface area contributed by atoms with Crippen LogP contribution in [0.15, 0.2) is 188 Å². The highest BCUT2D eigenvalue weighted by Gasteiger charge is 2.38. The first-order valence-electron chi connectivity index (χ1n) is 23.1. The molecule has 0 aliphatic heterocycles. The third-order valence-corrected chi connectivity index (χ3v) is 14.6. The van der Waals surface area contributed by atoms with E-state index in [-0.39, 0.29) is 10.8 Å². The normalized spacial score (nSPS) is 14.5. The summed E-state index contributed by atoms with van der Waals surface area (Å²) in [5, 5.41) is 9.53. The molecule has 12 aromatic rings. The maximum absolute atomic E-state index is 5.31. The Morgan fingerprint density at radius 3 is 1.47 bits per heavy atom. The summed E-state index contributed by atoms with van der Waals surface area (Å²) in [5.41, 5.74) is 13.0. The van der Waals surface area contributed by atoms with Crippen LogP contribution in [-0.2, 0) is 10.8 Å². The van der Waals surface area contributed by atoms with Crippen molar-refractivity contribution in [2.24, 2.45) is 0 Å². The molecule has 5 nitrogen and oxygen atoms in total. The molecule has 0 bridgehead atoms. The first kappa shape index (κ1) is 38.6. The number of nitrogens with zero attached hydrogens (tertiary/aromatic N) is 5. The summed E-state index contributed by atoms with van der Waals surface area (Å²) >= 11 is 0. The van der Waals surface area contributed by atoms with Crippen LogP contribution in [0.4, 0.5) is 0 Å². The molecule has 0 saturated heterocycles. The largest absolute Gasteiger partial charge is 0.309 e. The standard InChI is InChI=1S/C61H47N5/c1-60(2)30-31-61(3,4)52-37-56-50(36-51(52)60)48-19-11-13-21-54(48)66(56)46-28-26-39-23-25-42(33-44(39)34-46)58-62-57(41-24-22-38-14-8-9-15-40(38)32-41)63-59(64-58)43-27-29-55-49(35-43)47-18-10-12-20-53(47)65(55)45-16-6-5-7-17-45/h5-29,32-37H,30-31H2,1-4H3. The van der Waals surface area contributed by atoms with E-state index in [0.29, 0.717) is 17.5 Å². The molecule has 1 aliphatic carbocycles. The van der Waals surface area contributed by atoms with Gasteiger partial charge in [-0.25, -0.2) is 15.0 Å². The lowest BCUT2D eigenvalue weighted by molar-refractivity contribution is 0.332. The summed E-state index contributed by atoms with van der Waals surface area (Å²) in [5.74, 6) is 1.91. The third kappa shape index (κ3) is 6.03. The van der Waals surface area contributed by atoms with Crippen molar-refractivity contribution in [2.75, 3.05) is 0 Å². The van der Waals surface area contributed by atoms with Gasteiger partial charge in [-0.1, -0.05) is 137 Å². The van der Waals surface area contributed by atoms with Gasteiger partial charge < -0.3 is 9.13 Å². The third-order valence-electron chi connectivity index (χ3n) is 14.6. The molecular formula is C61H47N5. The maximum atomic E-state index is 5.31. The predicted octanol–water partition coefficient (Wildman–Crippen LogP) is 15.7. The van der Waals surface area contributed by atoms with Crippen molar-refractivity contribution in [3.8, 4) is 45.5 Å². The van der Waals surface area contributed by atoms with Crippen molar-refractivity contribution in [2.45, 2.75) is 51.4 Å². The van der Waals surface area contributed by atoms with Gasteiger partial charge in [-0.15, -0.1) is 0 Å². The summed E-state index contributed by atoms with van der Waals surface area (Å²) < 4.78 is 4.81. The van der Waals surface area contributed by atoms with Gasteiger partial charge in [0.05, 0.1) is 22.1 Å². The molecule has 0 N–H and O–H groups in total. The van der Waals surface area contributed by atoms with Crippen molar-refractivity contribution < 1.29 is 0 Å². The zero-order valence-electron chi connectivity index (χ0n) is 37.5. The Hall–Kier alpha value is -7.89. The molecule has 9 aromatic carbocycles. The van der Waals surface area contributed by atoms with Crippen LogP contribution >= 0.6 is 0 Å². The minimum atomic E-state index is 0.0977. The minimum Gasteiger partial charge on any atom is -0.309 e. The highest BCUT2D eigenvalue weighted by atomic mass is 15.0. The summed E-state index contributed by atoms with van der Waals surface area (Å²) in [7, 11) is 0. The Morgan fingerprint density at radius 1 is 0.333 bits per heavy atom. The van der Waals surface area contributed by atoms with Crippen molar-refractivity contribution >= 4 is 65.2 Å². The number of para-hydroxylation sites is 3. The van der Waals surface area contributed by atoms with Gasteiger partial charge >= 0.3 is 0 Å². The van der Waals surface area contributed by atoms with Gasteiger partial charge in [0.15, 0.2) is 17.5 Å². The van der Waals surface area contributed by atoms with Gasteiger partial charge in [0.1, 0.15) is 0 Å². The van der Waals surface area contributed by atoms with E-state index in [0.717, 1.165) is 60.6 Å². The SMILES string of the molecule is CC1(C)CCC(C)(C)c2cc3c(cc21)c1ccccc1n3-c1ccc2ccc(-c3nc(-c4ccc5ccccc5c4)nc(-c4ccc5c(c4)c4ccccc4n5-c4ccccc4)n3)cc2c1. The maximum Gasteiger partial charge on any atom is 0.164 e. The Morgan fingerprint density at radius 2 is 0.803 bits per heavy atom. The molecule has 0 radical (unpaired) electrons. The molecule has 1 aliphatic rings. The zero-order chi connectivity index (χ0) is 44.3. The first-order chi connectivity index (χ1) is 32.2. The highest BCUT2D eigenvalue weighted by Crippen LogP contribution is 2.49. The molecule has 316 valence electrons. The van der Waals surface area contributed by atoms with Crippen LogP contribution in [0.2, 0.25) is 0 Å². The molecule has 5 heteroatoms. The number of hydrogen-bond acceptors (Lipinski definition) is 3. The van der Waals surface area contributed by atoms with E-state index in [1.54, 1.807) is 0 Å². The van der Waals surface area contributed by atoms with Gasteiger partial charge in [0, 0.05) is 49.6 Å². The van der Waals surface area contributed by atoms with E-state index in [4.69, 9.17) is 15.0 Å². The Bertz CT molecular complexity index is 3940. The summed E-state index contributed by atoms with van der Waals surface area (Å²) in [4.78, 5) is 15.8. The quantitative estimate of drug-likeness (QED) is 0.173. The first-order valence-corrected chi connectivity index (χ1v) is 23.1. The Balaban J connectivity index is 0.989. The second-order valence-corrected chi connectivity index (χ2v) is 19.6. The van der Waals surface area contributed by atoms with Crippen molar-refractivity contribution in [1.82, 2.24) is 24.1 Å². The predicted molar refractivity (Wildman–Crippen MR) is 275 cm³/mol. The number of benzene rings is 9. The van der Waals surface area contributed by atoms with Crippen LogP contribution in [0.25, 0.3) is 111 Å². The molecule has 0 amide bonds. The zero-order valence-corrected chi connectivity index (χ0v) is 37.5. The molecule has 0 atom stereocenters. The van der Waals surface area contributed by atoms with Gasteiger partial charge in [-0.2, -0.15) is 0 Å². The second kappa shape index (κ2) is 14.3. The molecular weight excluding hydrogens is 803 g/mol. The fraction of sp³-hybridized carbons (Fsp3) is 0.131. The van der Waals surface area contributed by atoms with Gasteiger partial charge in [-0.05, 0) is 135 Å². The van der Waals surface area contributed by atoms with Crippen LogP contribution in [0, 0.1) is 0 Å². The highest BCUT2D eigenvalue weighted by molar-refractivity contribution is 6.11. The minimum absolute atomic E-state index is 0.0977. The van der Waals surface area contributed by atoms with Crippen molar-refractivity contribution in [3.05, 3.63) is 199 Å². The van der Waals surface area contributed by atoms with Crippen LogP contribution in [0.1, 0.15) is 51.7 Å². The van der Waals surface area contributed by atoms with Crippen molar-refractivity contribution in [1.29, 1.82) is 0 Å². The molecule has 0 spiro atoms. The average Bonchev–Trinajstić information content (AvgIpc) is 3.87. The van der Waals surface area contributed by atoms with Crippen LogP contribution in [-0.4, -0.2) is 24.1 Å². The Kier molecular flexibility index (Phi) is 8.36. The molecule has 13 rings (SSSR count). The lowest BCUT2D eigenvalue weighted by atomic mass is 9.63. The summed E-state index contributed by atoms with van der Waals surface area (Å²) in [6.45, 7) is 9.66.